The number of carbonyl (C=O) groups excluding carboxylic acids is 1. The number of hydrogen-bond donors (Lipinski definition) is 1. The van der Waals surface area contributed by atoms with Gasteiger partial charge in [0.25, 0.3) is 5.91 Å². The molecule has 128 valence electrons. The molecule has 0 unspecified atom stereocenters. The summed E-state index contributed by atoms with van der Waals surface area (Å²) in [5.41, 5.74) is 3.00. The molecule has 0 bridgehead atoms. The Hall–Kier alpha value is -2.69. The summed E-state index contributed by atoms with van der Waals surface area (Å²) in [5, 5.41) is 0. The van der Waals surface area contributed by atoms with Crippen LogP contribution in [0.15, 0.2) is 42.5 Å². The van der Waals surface area contributed by atoms with E-state index in [0.29, 0.717) is 30.1 Å². The number of piperidine rings is 1. The van der Waals surface area contributed by atoms with Gasteiger partial charge in [-0.25, -0.2) is 9.37 Å². The number of carbonyl (C=O) groups is 1. The molecule has 1 aromatic heterocycles. The van der Waals surface area contributed by atoms with Crippen LogP contribution in [0, 0.1) is 12.7 Å². The molecule has 0 aliphatic carbocycles. The average Bonchev–Trinajstić information content (AvgIpc) is 3.08. The minimum Gasteiger partial charge on any atom is -0.342 e. The molecular formula is C20H20FN3O. The minimum atomic E-state index is -0.331. The van der Waals surface area contributed by atoms with Crippen molar-refractivity contribution in [2.45, 2.75) is 25.7 Å². The molecule has 2 heterocycles. The summed E-state index contributed by atoms with van der Waals surface area (Å²) >= 11 is 0. The molecule has 0 spiro atoms. The van der Waals surface area contributed by atoms with Gasteiger partial charge >= 0.3 is 0 Å². The summed E-state index contributed by atoms with van der Waals surface area (Å²) in [6.07, 6.45) is 1.72. The largest absolute Gasteiger partial charge is 0.342 e. The van der Waals surface area contributed by atoms with E-state index in [0.717, 1.165) is 29.7 Å². The number of aryl methyl sites for hydroxylation is 1. The summed E-state index contributed by atoms with van der Waals surface area (Å²) in [5.74, 6) is 0.894. The highest BCUT2D eigenvalue weighted by Crippen LogP contribution is 2.28. The lowest BCUT2D eigenvalue weighted by Gasteiger charge is -2.31. The van der Waals surface area contributed by atoms with Gasteiger partial charge in [-0.3, -0.25) is 4.79 Å². The first-order valence-electron chi connectivity index (χ1n) is 8.62. The third-order valence-corrected chi connectivity index (χ3v) is 5.00. The molecule has 4 nitrogen and oxygen atoms in total. The highest BCUT2D eigenvalue weighted by atomic mass is 19.1. The Morgan fingerprint density at radius 2 is 1.96 bits per heavy atom. The lowest BCUT2D eigenvalue weighted by Crippen LogP contribution is -2.38. The number of nitrogens with zero attached hydrogens (tertiary/aromatic N) is 2. The van der Waals surface area contributed by atoms with E-state index in [1.165, 1.54) is 6.07 Å². The van der Waals surface area contributed by atoms with Crippen LogP contribution < -0.4 is 0 Å². The maximum Gasteiger partial charge on any atom is 0.253 e. The number of likely N-dealkylation sites (tertiary alicyclic amines) is 1. The second-order valence-corrected chi connectivity index (χ2v) is 6.67. The summed E-state index contributed by atoms with van der Waals surface area (Å²) in [4.78, 5) is 22.5. The first-order chi connectivity index (χ1) is 12.1. The van der Waals surface area contributed by atoms with Crippen molar-refractivity contribution < 1.29 is 9.18 Å². The first kappa shape index (κ1) is 15.8. The Kier molecular flexibility index (Phi) is 3.99. The average molecular weight is 337 g/mol. The fraction of sp³-hybridized carbons (Fsp3) is 0.300. The van der Waals surface area contributed by atoms with Crippen LogP contribution in [0.3, 0.4) is 0 Å². The molecule has 0 radical (unpaired) electrons. The van der Waals surface area contributed by atoms with E-state index < -0.39 is 0 Å². The van der Waals surface area contributed by atoms with Gasteiger partial charge in [-0.05, 0) is 49.6 Å². The van der Waals surface area contributed by atoms with Crippen molar-refractivity contribution in [1.29, 1.82) is 0 Å². The van der Waals surface area contributed by atoms with Crippen molar-refractivity contribution in [3.63, 3.8) is 0 Å². The van der Waals surface area contributed by atoms with E-state index in [2.05, 4.69) is 9.97 Å². The second kappa shape index (κ2) is 6.31. The maximum atomic E-state index is 13.7. The number of benzene rings is 2. The molecule has 1 aliphatic rings. The topological polar surface area (TPSA) is 49.0 Å². The van der Waals surface area contributed by atoms with E-state index in [1.54, 1.807) is 19.1 Å². The predicted octanol–water partition coefficient (Wildman–Crippen LogP) is 4.03. The molecule has 5 heteroatoms. The normalized spacial score (nSPS) is 15.7. The highest BCUT2D eigenvalue weighted by Gasteiger charge is 2.26. The Bertz CT molecular complexity index is 893. The van der Waals surface area contributed by atoms with Gasteiger partial charge in [0.1, 0.15) is 11.6 Å². The fourth-order valence-electron chi connectivity index (χ4n) is 3.43. The Morgan fingerprint density at radius 1 is 1.20 bits per heavy atom. The zero-order valence-corrected chi connectivity index (χ0v) is 14.1. The zero-order chi connectivity index (χ0) is 17.4. The number of para-hydroxylation sites is 2. The number of halogens is 1. The molecule has 1 amide bonds. The SMILES string of the molecule is Cc1ccc(C(=O)N2CCC(c3nc4ccccc4[nH]3)CC2)cc1F. The standard InChI is InChI=1S/C20H20FN3O/c1-13-6-7-15(12-16(13)21)20(25)24-10-8-14(9-11-24)19-22-17-4-2-3-5-18(17)23-19/h2-7,12,14H,8-11H2,1H3,(H,22,23). The number of rotatable bonds is 2. The van der Waals surface area contributed by atoms with E-state index in [-0.39, 0.29) is 11.7 Å². The number of amides is 1. The molecule has 4 rings (SSSR count). The molecular weight excluding hydrogens is 317 g/mol. The monoisotopic (exact) mass is 337 g/mol. The molecule has 1 N–H and O–H groups in total. The molecule has 0 atom stereocenters. The van der Waals surface area contributed by atoms with E-state index in [1.807, 2.05) is 29.2 Å². The van der Waals surface area contributed by atoms with Crippen molar-refractivity contribution in [3.8, 4) is 0 Å². The van der Waals surface area contributed by atoms with Gasteiger partial charge in [0, 0.05) is 24.6 Å². The van der Waals surface area contributed by atoms with Crippen molar-refractivity contribution in [2.24, 2.45) is 0 Å². The number of fused-ring (bicyclic) bond motifs is 1. The Morgan fingerprint density at radius 3 is 2.68 bits per heavy atom. The van der Waals surface area contributed by atoms with E-state index >= 15 is 0 Å². The fourth-order valence-corrected chi connectivity index (χ4v) is 3.43. The summed E-state index contributed by atoms with van der Waals surface area (Å²) < 4.78 is 13.7. The van der Waals surface area contributed by atoms with Crippen molar-refractivity contribution in [1.82, 2.24) is 14.9 Å². The van der Waals surface area contributed by atoms with Gasteiger partial charge in [-0.1, -0.05) is 18.2 Å². The van der Waals surface area contributed by atoms with Crippen molar-refractivity contribution >= 4 is 16.9 Å². The predicted molar refractivity (Wildman–Crippen MR) is 95.1 cm³/mol. The third kappa shape index (κ3) is 3.02. The Balaban J connectivity index is 1.45. The molecule has 3 aromatic rings. The molecule has 1 aliphatic heterocycles. The molecule has 25 heavy (non-hydrogen) atoms. The number of nitrogens with one attached hydrogen (secondary N) is 1. The molecule has 2 aromatic carbocycles. The van der Waals surface area contributed by atoms with Crippen molar-refractivity contribution in [2.75, 3.05) is 13.1 Å². The van der Waals surface area contributed by atoms with Crippen LogP contribution in [0.5, 0.6) is 0 Å². The number of aromatic nitrogens is 2. The molecule has 1 saturated heterocycles. The van der Waals surface area contributed by atoms with E-state index in [4.69, 9.17) is 0 Å². The van der Waals surface area contributed by atoms with Crippen LogP contribution in [0.4, 0.5) is 4.39 Å². The summed E-state index contributed by atoms with van der Waals surface area (Å²) in [7, 11) is 0. The number of H-pyrrole nitrogens is 1. The minimum absolute atomic E-state index is 0.0954. The van der Waals surface area contributed by atoms with Gasteiger partial charge in [0.15, 0.2) is 0 Å². The van der Waals surface area contributed by atoms with Crippen LogP contribution in [0.25, 0.3) is 11.0 Å². The number of aromatic amines is 1. The van der Waals surface area contributed by atoms with Crippen molar-refractivity contribution in [3.05, 3.63) is 65.2 Å². The van der Waals surface area contributed by atoms with Gasteiger partial charge in [-0.2, -0.15) is 0 Å². The number of hydrogen-bond acceptors (Lipinski definition) is 2. The van der Waals surface area contributed by atoms with Crippen LogP contribution in [0.2, 0.25) is 0 Å². The van der Waals surface area contributed by atoms with E-state index in [9.17, 15) is 9.18 Å². The Labute approximate surface area is 145 Å². The van der Waals surface area contributed by atoms with Gasteiger partial charge in [0.2, 0.25) is 0 Å². The van der Waals surface area contributed by atoms with Gasteiger partial charge < -0.3 is 9.88 Å². The van der Waals surface area contributed by atoms with Crippen LogP contribution >= 0.6 is 0 Å². The van der Waals surface area contributed by atoms with Gasteiger partial charge in [-0.15, -0.1) is 0 Å². The second-order valence-electron chi connectivity index (χ2n) is 6.67. The van der Waals surface area contributed by atoms with Gasteiger partial charge in [0.05, 0.1) is 11.0 Å². The zero-order valence-electron chi connectivity index (χ0n) is 14.1. The number of imidazole rings is 1. The molecule has 1 fully saturated rings. The summed E-state index contributed by atoms with van der Waals surface area (Å²) in [6, 6.07) is 12.7. The lowest BCUT2D eigenvalue weighted by molar-refractivity contribution is 0.0711. The maximum absolute atomic E-state index is 13.7. The third-order valence-electron chi connectivity index (χ3n) is 5.00. The summed E-state index contributed by atoms with van der Waals surface area (Å²) in [6.45, 7) is 3.02. The quantitative estimate of drug-likeness (QED) is 0.767. The smallest absolute Gasteiger partial charge is 0.253 e. The van der Waals surface area contributed by atoms with Crippen LogP contribution in [-0.2, 0) is 0 Å². The molecule has 0 saturated carbocycles. The first-order valence-corrected chi connectivity index (χ1v) is 8.62. The van der Waals surface area contributed by atoms with Crippen LogP contribution in [0.1, 0.15) is 40.5 Å². The highest BCUT2D eigenvalue weighted by molar-refractivity contribution is 5.94. The van der Waals surface area contributed by atoms with Crippen LogP contribution in [-0.4, -0.2) is 33.9 Å². The lowest BCUT2D eigenvalue weighted by atomic mass is 9.95.